The Kier molecular flexibility index (Phi) is 5.52. The third-order valence-corrected chi connectivity index (χ3v) is 5.26. The zero-order valence-electron chi connectivity index (χ0n) is 17.8. The summed E-state index contributed by atoms with van der Waals surface area (Å²) in [4.78, 5) is 17.6. The summed E-state index contributed by atoms with van der Waals surface area (Å²) in [6.07, 6.45) is -3.30. The molecule has 174 valence electrons. The van der Waals surface area contributed by atoms with Crippen molar-refractivity contribution in [3.8, 4) is 22.7 Å². The van der Waals surface area contributed by atoms with Crippen molar-refractivity contribution in [1.29, 1.82) is 0 Å². The van der Waals surface area contributed by atoms with Crippen LogP contribution in [0.2, 0.25) is 0 Å². The molecule has 5 aromatic rings. The van der Waals surface area contributed by atoms with Gasteiger partial charge in [-0.15, -0.1) is 0 Å². The molecule has 2 aromatic heterocycles. The minimum atomic E-state index is -4.56. The average molecular weight is 477 g/mol. The highest BCUT2D eigenvalue weighted by molar-refractivity contribution is 5.81. The van der Waals surface area contributed by atoms with Crippen molar-refractivity contribution in [2.75, 3.05) is 0 Å². The Hall–Kier alpha value is -4.53. The van der Waals surface area contributed by atoms with E-state index in [1.807, 2.05) is 0 Å². The standard InChI is InChI=1S/C26H15F4N3O2/c27-19-10-8-16(9-11-19)23-13-12-20(35-23)15-31-33-24(17-4-3-5-18(14-17)26(28,29)30)32-22-7-2-1-6-21(22)25(33)34/h1-15H. The molecule has 0 aliphatic rings. The number of aromatic nitrogens is 2. The number of hydrogen-bond donors (Lipinski definition) is 0. The summed E-state index contributed by atoms with van der Waals surface area (Å²) in [5, 5.41) is 4.45. The van der Waals surface area contributed by atoms with Crippen LogP contribution in [0.5, 0.6) is 0 Å². The zero-order chi connectivity index (χ0) is 24.6. The van der Waals surface area contributed by atoms with Gasteiger partial charge in [0.05, 0.1) is 22.7 Å². The van der Waals surface area contributed by atoms with Gasteiger partial charge in [0.2, 0.25) is 0 Å². The summed E-state index contributed by atoms with van der Waals surface area (Å²) < 4.78 is 59.7. The van der Waals surface area contributed by atoms with E-state index in [9.17, 15) is 22.4 Å². The molecule has 5 rings (SSSR count). The second-order valence-corrected chi connectivity index (χ2v) is 7.60. The molecule has 0 fully saturated rings. The highest BCUT2D eigenvalue weighted by atomic mass is 19.4. The van der Waals surface area contributed by atoms with Crippen LogP contribution in [0.25, 0.3) is 33.6 Å². The molecule has 0 aliphatic heterocycles. The maximum absolute atomic E-state index is 13.3. The minimum absolute atomic E-state index is 0.0543. The molecule has 0 spiro atoms. The van der Waals surface area contributed by atoms with Gasteiger partial charge in [-0.2, -0.15) is 22.9 Å². The number of nitrogens with zero attached hydrogens (tertiary/aromatic N) is 3. The molecule has 3 aromatic carbocycles. The number of para-hydroxylation sites is 1. The second-order valence-electron chi connectivity index (χ2n) is 7.60. The Morgan fingerprint density at radius 1 is 0.886 bits per heavy atom. The van der Waals surface area contributed by atoms with E-state index in [0.29, 0.717) is 16.8 Å². The first-order chi connectivity index (χ1) is 16.8. The summed E-state index contributed by atoms with van der Waals surface area (Å²) in [7, 11) is 0. The van der Waals surface area contributed by atoms with Gasteiger partial charge in [-0.05, 0) is 60.7 Å². The van der Waals surface area contributed by atoms with Crippen molar-refractivity contribution in [2.24, 2.45) is 5.10 Å². The Bertz CT molecular complexity index is 1620. The van der Waals surface area contributed by atoms with Gasteiger partial charge >= 0.3 is 6.18 Å². The SMILES string of the molecule is O=c1c2ccccc2nc(-c2cccc(C(F)(F)F)c2)n1N=Cc1ccc(-c2ccc(F)cc2)o1. The topological polar surface area (TPSA) is 60.4 Å². The van der Waals surface area contributed by atoms with Crippen LogP contribution < -0.4 is 5.56 Å². The molecule has 0 saturated carbocycles. The monoisotopic (exact) mass is 477 g/mol. The number of hydrogen-bond acceptors (Lipinski definition) is 4. The predicted molar refractivity (Wildman–Crippen MR) is 124 cm³/mol. The van der Waals surface area contributed by atoms with Crippen molar-refractivity contribution in [2.45, 2.75) is 6.18 Å². The third-order valence-electron chi connectivity index (χ3n) is 5.26. The molecule has 9 heteroatoms. The maximum atomic E-state index is 13.3. The van der Waals surface area contributed by atoms with E-state index in [0.717, 1.165) is 16.8 Å². The summed E-state index contributed by atoms with van der Waals surface area (Å²) in [5.74, 6) is 0.293. The van der Waals surface area contributed by atoms with Crippen LogP contribution in [0.3, 0.4) is 0 Å². The van der Waals surface area contributed by atoms with E-state index in [2.05, 4.69) is 10.1 Å². The molecule has 0 N–H and O–H groups in total. The molecule has 5 nitrogen and oxygen atoms in total. The van der Waals surface area contributed by atoms with Crippen molar-refractivity contribution < 1.29 is 22.0 Å². The molecule has 0 amide bonds. The summed E-state index contributed by atoms with van der Waals surface area (Å²) in [6, 6.07) is 20.0. The average Bonchev–Trinajstić information content (AvgIpc) is 3.32. The fourth-order valence-electron chi connectivity index (χ4n) is 3.56. The normalized spacial score (nSPS) is 12.0. The molecule has 35 heavy (non-hydrogen) atoms. The van der Waals surface area contributed by atoms with Gasteiger partial charge in [0.15, 0.2) is 5.82 Å². The second kappa shape index (κ2) is 8.68. The highest BCUT2D eigenvalue weighted by Gasteiger charge is 2.31. The molecule has 0 radical (unpaired) electrons. The Morgan fingerprint density at radius 2 is 1.66 bits per heavy atom. The summed E-state index contributed by atoms with van der Waals surface area (Å²) in [5.41, 5.74) is -0.382. The van der Waals surface area contributed by atoms with E-state index < -0.39 is 17.3 Å². The van der Waals surface area contributed by atoms with Crippen LogP contribution in [-0.2, 0) is 6.18 Å². The Morgan fingerprint density at radius 3 is 2.43 bits per heavy atom. The number of rotatable bonds is 4. The first kappa shape index (κ1) is 22.3. The van der Waals surface area contributed by atoms with Gasteiger partial charge in [0.25, 0.3) is 5.56 Å². The number of halogens is 4. The molecule has 0 atom stereocenters. The third kappa shape index (κ3) is 4.48. The van der Waals surface area contributed by atoms with Crippen LogP contribution in [0.15, 0.2) is 99.2 Å². The van der Waals surface area contributed by atoms with Crippen molar-refractivity contribution in [3.05, 3.63) is 112 Å². The van der Waals surface area contributed by atoms with Crippen LogP contribution in [0.4, 0.5) is 17.6 Å². The quantitative estimate of drug-likeness (QED) is 0.223. The first-order valence-electron chi connectivity index (χ1n) is 10.4. The summed E-state index contributed by atoms with van der Waals surface area (Å²) >= 11 is 0. The van der Waals surface area contributed by atoms with Crippen molar-refractivity contribution in [1.82, 2.24) is 9.66 Å². The van der Waals surface area contributed by atoms with E-state index in [1.165, 1.54) is 30.5 Å². The largest absolute Gasteiger partial charge is 0.455 e. The summed E-state index contributed by atoms with van der Waals surface area (Å²) in [6.45, 7) is 0. The number of furan rings is 1. The van der Waals surface area contributed by atoms with Crippen molar-refractivity contribution in [3.63, 3.8) is 0 Å². The maximum Gasteiger partial charge on any atom is 0.416 e. The number of fused-ring (bicyclic) bond motifs is 1. The zero-order valence-corrected chi connectivity index (χ0v) is 17.8. The van der Waals surface area contributed by atoms with Gasteiger partial charge in [0.1, 0.15) is 17.3 Å². The van der Waals surface area contributed by atoms with Crippen LogP contribution in [-0.4, -0.2) is 15.9 Å². The van der Waals surface area contributed by atoms with Gasteiger partial charge in [-0.25, -0.2) is 9.37 Å². The van der Waals surface area contributed by atoms with E-state index in [4.69, 9.17) is 4.42 Å². The van der Waals surface area contributed by atoms with E-state index >= 15 is 0 Å². The molecule has 0 unspecified atom stereocenters. The van der Waals surface area contributed by atoms with Gasteiger partial charge in [0, 0.05) is 11.1 Å². The number of alkyl halides is 3. The molecular formula is C26H15F4N3O2. The molecule has 0 bridgehead atoms. The molecule has 0 aliphatic carbocycles. The lowest BCUT2D eigenvalue weighted by atomic mass is 10.1. The van der Waals surface area contributed by atoms with Gasteiger partial charge in [-0.1, -0.05) is 24.3 Å². The van der Waals surface area contributed by atoms with E-state index in [1.54, 1.807) is 48.5 Å². The lowest BCUT2D eigenvalue weighted by molar-refractivity contribution is -0.137. The Balaban J connectivity index is 1.61. The molecule has 2 heterocycles. The fourth-order valence-corrected chi connectivity index (χ4v) is 3.56. The lowest BCUT2D eigenvalue weighted by Gasteiger charge is -2.11. The van der Waals surface area contributed by atoms with Crippen molar-refractivity contribution >= 4 is 17.1 Å². The highest BCUT2D eigenvalue weighted by Crippen LogP contribution is 2.32. The first-order valence-corrected chi connectivity index (χ1v) is 10.4. The van der Waals surface area contributed by atoms with Gasteiger partial charge < -0.3 is 4.42 Å². The molecule has 0 saturated heterocycles. The number of benzene rings is 3. The predicted octanol–water partition coefficient (Wildman–Crippen LogP) is 6.36. The minimum Gasteiger partial charge on any atom is -0.455 e. The van der Waals surface area contributed by atoms with E-state index in [-0.39, 0.29) is 28.4 Å². The van der Waals surface area contributed by atoms with Gasteiger partial charge in [-0.3, -0.25) is 4.79 Å². The fraction of sp³-hybridized carbons (Fsp3) is 0.0385. The van der Waals surface area contributed by atoms with Crippen LogP contribution in [0.1, 0.15) is 11.3 Å². The smallest absolute Gasteiger partial charge is 0.416 e. The van der Waals surface area contributed by atoms with Crippen LogP contribution >= 0.6 is 0 Å². The molecular weight excluding hydrogens is 462 g/mol. The lowest BCUT2D eigenvalue weighted by Crippen LogP contribution is -2.20. The van der Waals surface area contributed by atoms with Crippen LogP contribution in [0, 0.1) is 5.82 Å². The Labute approximate surface area is 195 Å².